The summed E-state index contributed by atoms with van der Waals surface area (Å²) >= 11 is 0. The van der Waals surface area contributed by atoms with Gasteiger partial charge in [0, 0.05) is 0 Å². The molecule has 0 fully saturated rings. The zero-order chi connectivity index (χ0) is 8.74. The highest BCUT2D eigenvalue weighted by Crippen LogP contribution is 2.25. The zero-order valence-electron chi connectivity index (χ0n) is 7.76. The molecule has 0 N–H and O–H groups in total. The lowest BCUT2D eigenvalue weighted by Crippen LogP contribution is -2.08. The normalized spacial score (nSPS) is 12.3. The summed E-state index contributed by atoms with van der Waals surface area (Å²) in [7, 11) is 0. The predicted molar refractivity (Wildman–Crippen MR) is 48.5 cm³/mol. The maximum absolute atomic E-state index is 9.91. The summed E-state index contributed by atoms with van der Waals surface area (Å²) in [4.78, 5) is 9.91. The van der Waals surface area contributed by atoms with Crippen molar-refractivity contribution in [2.24, 2.45) is 5.41 Å². The molecule has 1 nitrogen and oxygen atoms in total. The van der Waals surface area contributed by atoms with Gasteiger partial charge in [0.1, 0.15) is 6.29 Å². The third-order valence-corrected chi connectivity index (χ3v) is 2.16. The number of carbonyl (C=O) groups excluding carboxylic acids is 1. The van der Waals surface area contributed by atoms with E-state index in [9.17, 15) is 4.79 Å². The highest BCUT2D eigenvalue weighted by atomic mass is 16.1. The van der Waals surface area contributed by atoms with Crippen LogP contribution in [0.4, 0.5) is 0 Å². The van der Waals surface area contributed by atoms with Crippen LogP contribution in [0.2, 0.25) is 0 Å². The minimum Gasteiger partial charge on any atom is -0.299 e. The molecule has 0 aromatic rings. The summed E-state index contributed by atoms with van der Waals surface area (Å²) < 4.78 is 0. The van der Waals surface area contributed by atoms with Crippen molar-refractivity contribution in [2.75, 3.05) is 0 Å². The molecule has 0 bridgehead atoms. The van der Waals surface area contributed by atoms with Crippen LogP contribution in [-0.4, -0.2) is 6.29 Å². The van der Waals surface area contributed by atoms with Gasteiger partial charge >= 0.3 is 0 Å². The van der Waals surface area contributed by atoms with Gasteiger partial charge in [-0.3, -0.25) is 4.79 Å². The van der Waals surface area contributed by atoms with Gasteiger partial charge in [0.25, 0.3) is 0 Å². The molecule has 11 heavy (non-hydrogen) atoms. The van der Waals surface area contributed by atoms with Crippen LogP contribution in [0.25, 0.3) is 0 Å². The standard InChI is InChI=1S/C10H18O/c1-4-10(2,3)8-6-5-7-9-11/h5,7,9H,4,6,8H2,1-3H3. The van der Waals surface area contributed by atoms with E-state index in [-0.39, 0.29) is 0 Å². The first-order valence-corrected chi connectivity index (χ1v) is 4.22. The minimum atomic E-state index is 0.424. The van der Waals surface area contributed by atoms with Crippen molar-refractivity contribution in [3.05, 3.63) is 12.2 Å². The molecule has 0 unspecified atom stereocenters. The Labute approximate surface area is 69.5 Å². The van der Waals surface area contributed by atoms with Crippen LogP contribution in [0.1, 0.15) is 40.0 Å². The fourth-order valence-electron chi connectivity index (χ4n) is 0.803. The third-order valence-electron chi connectivity index (χ3n) is 2.16. The molecular weight excluding hydrogens is 136 g/mol. The monoisotopic (exact) mass is 154 g/mol. The summed E-state index contributed by atoms with van der Waals surface area (Å²) in [6.45, 7) is 6.70. The largest absolute Gasteiger partial charge is 0.299 e. The van der Waals surface area contributed by atoms with Crippen molar-refractivity contribution >= 4 is 6.29 Å². The average Bonchev–Trinajstić information content (AvgIpc) is 1.99. The molecule has 0 radical (unpaired) electrons. The third kappa shape index (κ3) is 5.84. The second-order valence-corrected chi connectivity index (χ2v) is 3.62. The Morgan fingerprint density at radius 2 is 2.00 bits per heavy atom. The van der Waals surface area contributed by atoms with E-state index in [2.05, 4.69) is 20.8 Å². The van der Waals surface area contributed by atoms with Crippen LogP contribution in [0.15, 0.2) is 12.2 Å². The van der Waals surface area contributed by atoms with Gasteiger partial charge in [-0.15, -0.1) is 0 Å². The predicted octanol–water partition coefficient (Wildman–Crippen LogP) is 2.96. The number of rotatable bonds is 5. The first kappa shape index (κ1) is 10.4. The Hall–Kier alpha value is -0.590. The Kier molecular flexibility index (Phi) is 4.84. The fourth-order valence-corrected chi connectivity index (χ4v) is 0.803. The molecule has 0 aromatic carbocycles. The zero-order valence-corrected chi connectivity index (χ0v) is 7.76. The van der Waals surface area contributed by atoms with E-state index in [0.29, 0.717) is 5.41 Å². The van der Waals surface area contributed by atoms with Gasteiger partial charge in [-0.25, -0.2) is 0 Å². The first-order valence-electron chi connectivity index (χ1n) is 4.22. The molecular formula is C10H18O. The van der Waals surface area contributed by atoms with E-state index in [1.165, 1.54) is 6.42 Å². The Bertz CT molecular complexity index is 134. The lowest BCUT2D eigenvalue weighted by atomic mass is 9.85. The molecule has 0 saturated carbocycles. The van der Waals surface area contributed by atoms with E-state index in [4.69, 9.17) is 0 Å². The average molecular weight is 154 g/mol. The van der Waals surface area contributed by atoms with Crippen molar-refractivity contribution in [1.29, 1.82) is 0 Å². The second-order valence-electron chi connectivity index (χ2n) is 3.62. The number of allylic oxidation sites excluding steroid dienone is 2. The smallest absolute Gasteiger partial charge is 0.142 e. The molecule has 0 aliphatic rings. The molecule has 0 spiro atoms. The van der Waals surface area contributed by atoms with Gasteiger partial charge in [-0.05, 0) is 24.3 Å². The molecule has 0 amide bonds. The van der Waals surface area contributed by atoms with Gasteiger partial charge in [0.15, 0.2) is 0 Å². The van der Waals surface area contributed by atoms with Crippen LogP contribution < -0.4 is 0 Å². The first-order chi connectivity index (χ1) is 5.12. The Morgan fingerprint density at radius 1 is 1.36 bits per heavy atom. The Balaban J connectivity index is 3.52. The highest BCUT2D eigenvalue weighted by molar-refractivity contribution is 5.64. The Morgan fingerprint density at radius 3 is 2.45 bits per heavy atom. The molecule has 0 saturated heterocycles. The van der Waals surface area contributed by atoms with Crippen LogP contribution in [0.5, 0.6) is 0 Å². The summed E-state index contributed by atoms with van der Waals surface area (Å²) in [5.41, 5.74) is 0.424. The maximum Gasteiger partial charge on any atom is 0.142 e. The molecule has 0 atom stereocenters. The minimum absolute atomic E-state index is 0.424. The van der Waals surface area contributed by atoms with E-state index in [1.54, 1.807) is 6.08 Å². The van der Waals surface area contributed by atoms with Gasteiger partial charge in [0.05, 0.1) is 0 Å². The van der Waals surface area contributed by atoms with Crippen LogP contribution in [0, 0.1) is 5.41 Å². The lowest BCUT2D eigenvalue weighted by Gasteiger charge is -2.20. The lowest BCUT2D eigenvalue weighted by molar-refractivity contribution is -0.104. The summed E-state index contributed by atoms with van der Waals surface area (Å²) in [6.07, 6.45) is 7.71. The number of hydrogen-bond donors (Lipinski definition) is 0. The van der Waals surface area contributed by atoms with E-state index in [0.717, 1.165) is 19.1 Å². The topological polar surface area (TPSA) is 17.1 Å². The molecule has 0 aliphatic heterocycles. The number of hydrogen-bond acceptors (Lipinski definition) is 1. The molecule has 0 aliphatic carbocycles. The fraction of sp³-hybridized carbons (Fsp3) is 0.700. The van der Waals surface area contributed by atoms with Crippen molar-refractivity contribution in [2.45, 2.75) is 40.0 Å². The quantitative estimate of drug-likeness (QED) is 0.439. The molecule has 0 heterocycles. The van der Waals surface area contributed by atoms with E-state index >= 15 is 0 Å². The second kappa shape index (κ2) is 5.11. The van der Waals surface area contributed by atoms with Crippen molar-refractivity contribution in [1.82, 2.24) is 0 Å². The van der Waals surface area contributed by atoms with Crippen molar-refractivity contribution in [3.8, 4) is 0 Å². The SMILES string of the molecule is CCC(C)(C)CCC=CC=O. The van der Waals surface area contributed by atoms with E-state index in [1.807, 2.05) is 6.08 Å². The van der Waals surface area contributed by atoms with E-state index < -0.39 is 0 Å². The van der Waals surface area contributed by atoms with Gasteiger partial charge < -0.3 is 0 Å². The van der Waals surface area contributed by atoms with Gasteiger partial charge in [-0.2, -0.15) is 0 Å². The highest BCUT2D eigenvalue weighted by Gasteiger charge is 2.12. The van der Waals surface area contributed by atoms with Gasteiger partial charge in [-0.1, -0.05) is 33.3 Å². The summed E-state index contributed by atoms with van der Waals surface area (Å²) in [5, 5.41) is 0. The van der Waals surface area contributed by atoms with Crippen LogP contribution in [-0.2, 0) is 4.79 Å². The molecule has 64 valence electrons. The molecule has 0 rings (SSSR count). The van der Waals surface area contributed by atoms with Crippen LogP contribution in [0.3, 0.4) is 0 Å². The number of aldehydes is 1. The van der Waals surface area contributed by atoms with Crippen molar-refractivity contribution in [3.63, 3.8) is 0 Å². The maximum atomic E-state index is 9.91. The summed E-state index contributed by atoms with van der Waals surface area (Å²) in [5.74, 6) is 0. The number of carbonyl (C=O) groups is 1. The van der Waals surface area contributed by atoms with Crippen LogP contribution >= 0.6 is 0 Å². The van der Waals surface area contributed by atoms with Crippen molar-refractivity contribution < 1.29 is 4.79 Å². The molecule has 1 heteroatoms. The molecule has 0 aromatic heterocycles. The summed E-state index contributed by atoms with van der Waals surface area (Å²) in [6, 6.07) is 0. The van der Waals surface area contributed by atoms with Gasteiger partial charge in [0.2, 0.25) is 0 Å².